The quantitative estimate of drug-likeness (QED) is 0.487. The number of rotatable bonds is 8. The van der Waals surface area contributed by atoms with E-state index in [-0.39, 0.29) is 42.9 Å². The van der Waals surface area contributed by atoms with E-state index in [1.807, 2.05) is 30.3 Å². The van der Waals surface area contributed by atoms with Crippen LogP contribution in [0.5, 0.6) is 5.75 Å². The van der Waals surface area contributed by atoms with Gasteiger partial charge in [0.25, 0.3) is 5.91 Å². The van der Waals surface area contributed by atoms with Gasteiger partial charge < -0.3 is 10.1 Å². The molecule has 8 heteroatoms. The Morgan fingerprint density at radius 1 is 0.912 bits per heavy atom. The molecule has 0 unspecified atom stereocenters. The third-order valence-electron chi connectivity index (χ3n) is 5.48. The second-order valence-electron chi connectivity index (χ2n) is 7.89. The lowest BCUT2D eigenvalue weighted by Gasteiger charge is -2.15. The average molecular weight is 464 g/mol. The first-order valence-electron chi connectivity index (χ1n) is 10.7. The fourth-order valence-electron chi connectivity index (χ4n) is 3.77. The summed E-state index contributed by atoms with van der Waals surface area (Å²) in [5, 5.41) is 2.77. The van der Waals surface area contributed by atoms with Crippen molar-refractivity contribution in [1.29, 1.82) is 0 Å². The summed E-state index contributed by atoms with van der Waals surface area (Å²) in [4.78, 5) is 37.5. The lowest BCUT2D eigenvalue weighted by Crippen LogP contribution is -2.28. The fraction of sp³-hybridized carbons (Fsp3) is 0.192. The van der Waals surface area contributed by atoms with Gasteiger partial charge in [0.15, 0.2) is 0 Å². The van der Waals surface area contributed by atoms with Gasteiger partial charge in [-0.2, -0.15) is 8.78 Å². The minimum absolute atomic E-state index is 0.0483. The summed E-state index contributed by atoms with van der Waals surface area (Å²) < 4.78 is 30.3. The van der Waals surface area contributed by atoms with E-state index in [1.54, 1.807) is 30.3 Å². The van der Waals surface area contributed by atoms with E-state index in [9.17, 15) is 23.2 Å². The molecular formula is C26H22F2N2O4. The number of likely N-dealkylation sites (tertiary alicyclic amines) is 1. The number of nitrogens with one attached hydrogen (secondary N) is 1. The molecule has 0 aliphatic carbocycles. The Balaban J connectivity index is 1.47. The van der Waals surface area contributed by atoms with Gasteiger partial charge in [-0.15, -0.1) is 0 Å². The van der Waals surface area contributed by atoms with Gasteiger partial charge in [0.05, 0.1) is 6.54 Å². The van der Waals surface area contributed by atoms with E-state index in [4.69, 9.17) is 0 Å². The van der Waals surface area contributed by atoms with Crippen LogP contribution in [-0.4, -0.2) is 29.2 Å². The molecule has 1 aliphatic heterocycles. The minimum Gasteiger partial charge on any atom is -0.435 e. The molecule has 1 aliphatic rings. The van der Waals surface area contributed by atoms with Crippen molar-refractivity contribution in [2.24, 2.45) is 0 Å². The van der Waals surface area contributed by atoms with Crippen molar-refractivity contribution in [1.82, 2.24) is 4.90 Å². The molecule has 4 rings (SSSR count). The van der Waals surface area contributed by atoms with Crippen LogP contribution in [0, 0.1) is 0 Å². The number of ether oxygens (including phenoxy) is 1. The van der Waals surface area contributed by atoms with Crippen molar-refractivity contribution in [3.05, 3.63) is 95.1 Å². The first kappa shape index (κ1) is 23.1. The minimum atomic E-state index is -2.96. The van der Waals surface area contributed by atoms with Crippen molar-refractivity contribution in [2.45, 2.75) is 32.4 Å². The zero-order chi connectivity index (χ0) is 24.1. The van der Waals surface area contributed by atoms with Gasteiger partial charge in [0.1, 0.15) is 5.75 Å². The van der Waals surface area contributed by atoms with Crippen LogP contribution in [0.3, 0.4) is 0 Å². The van der Waals surface area contributed by atoms with Crippen molar-refractivity contribution >= 4 is 23.4 Å². The highest BCUT2D eigenvalue weighted by Crippen LogP contribution is 2.27. The lowest BCUT2D eigenvalue weighted by atomic mass is 10.0. The SMILES string of the molecule is O=C(Nc1ccc(OC(F)F)c(Cc2ccccc2)c1)c1ccc(CN2C(=O)CCC2=O)cc1. The van der Waals surface area contributed by atoms with Gasteiger partial charge >= 0.3 is 6.61 Å². The molecule has 174 valence electrons. The molecule has 34 heavy (non-hydrogen) atoms. The Kier molecular flexibility index (Phi) is 6.96. The van der Waals surface area contributed by atoms with Crippen LogP contribution in [0.25, 0.3) is 0 Å². The highest BCUT2D eigenvalue weighted by molar-refractivity contribution is 6.04. The van der Waals surface area contributed by atoms with Gasteiger partial charge in [-0.1, -0.05) is 42.5 Å². The number of hydrogen-bond donors (Lipinski definition) is 1. The van der Waals surface area contributed by atoms with E-state index in [0.29, 0.717) is 23.2 Å². The molecule has 0 aromatic heterocycles. The number of nitrogens with zero attached hydrogens (tertiary/aromatic N) is 1. The predicted molar refractivity (Wildman–Crippen MR) is 122 cm³/mol. The molecule has 0 radical (unpaired) electrons. The summed E-state index contributed by atoms with van der Waals surface area (Å²) >= 11 is 0. The number of anilines is 1. The van der Waals surface area contributed by atoms with Crippen molar-refractivity contribution in [3.63, 3.8) is 0 Å². The van der Waals surface area contributed by atoms with E-state index < -0.39 is 6.61 Å². The van der Waals surface area contributed by atoms with E-state index in [2.05, 4.69) is 10.1 Å². The Labute approximate surface area is 195 Å². The number of imide groups is 1. The molecule has 3 aromatic carbocycles. The van der Waals surface area contributed by atoms with Gasteiger partial charge in [0, 0.05) is 36.1 Å². The molecule has 0 bridgehead atoms. The largest absolute Gasteiger partial charge is 0.435 e. The second kappa shape index (κ2) is 10.2. The van der Waals surface area contributed by atoms with E-state index in [0.717, 1.165) is 11.1 Å². The molecule has 1 N–H and O–H groups in total. The summed E-state index contributed by atoms with van der Waals surface area (Å²) in [6.45, 7) is -2.78. The molecule has 0 saturated carbocycles. The third-order valence-corrected chi connectivity index (χ3v) is 5.48. The van der Waals surface area contributed by atoms with E-state index in [1.165, 1.54) is 17.0 Å². The number of hydrogen-bond acceptors (Lipinski definition) is 4. The Hall–Kier alpha value is -4.07. The fourth-order valence-corrected chi connectivity index (χ4v) is 3.77. The van der Waals surface area contributed by atoms with Crippen LogP contribution in [0.2, 0.25) is 0 Å². The maximum Gasteiger partial charge on any atom is 0.387 e. The first-order valence-corrected chi connectivity index (χ1v) is 10.7. The monoisotopic (exact) mass is 464 g/mol. The van der Waals surface area contributed by atoms with Crippen molar-refractivity contribution in [3.8, 4) is 5.75 Å². The lowest BCUT2D eigenvalue weighted by molar-refractivity contribution is -0.139. The number of halogens is 2. The number of carbonyl (C=O) groups is 3. The molecule has 6 nitrogen and oxygen atoms in total. The first-order chi connectivity index (χ1) is 16.4. The highest BCUT2D eigenvalue weighted by Gasteiger charge is 2.28. The van der Waals surface area contributed by atoms with Crippen LogP contribution >= 0.6 is 0 Å². The number of benzene rings is 3. The third kappa shape index (κ3) is 5.64. The maximum atomic E-state index is 12.8. The summed E-state index contributed by atoms with van der Waals surface area (Å²) in [6, 6.07) is 20.4. The zero-order valence-electron chi connectivity index (χ0n) is 18.2. The molecule has 1 fully saturated rings. The predicted octanol–water partition coefficient (Wildman–Crippen LogP) is 4.78. The van der Waals surface area contributed by atoms with Crippen LogP contribution in [0.4, 0.5) is 14.5 Å². The average Bonchev–Trinajstić information content (AvgIpc) is 3.13. The Bertz CT molecular complexity index is 1180. The molecule has 1 saturated heterocycles. The summed E-state index contributed by atoms with van der Waals surface area (Å²) in [6.07, 6.45) is 0.814. The molecule has 1 heterocycles. The zero-order valence-corrected chi connectivity index (χ0v) is 18.2. The van der Waals surface area contributed by atoms with Gasteiger partial charge in [-0.05, 0) is 41.5 Å². The summed E-state index contributed by atoms with van der Waals surface area (Å²) in [5.41, 5.74) is 2.98. The highest BCUT2D eigenvalue weighted by atomic mass is 19.3. The smallest absolute Gasteiger partial charge is 0.387 e. The van der Waals surface area contributed by atoms with Gasteiger partial charge in [-0.25, -0.2) is 0 Å². The normalized spacial score (nSPS) is 13.4. The number of alkyl halides is 2. The summed E-state index contributed by atoms with van der Waals surface area (Å²) in [7, 11) is 0. The van der Waals surface area contributed by atoms with Gasteiger partial charge in [-0.3, -0.25) is 19.3 Å². The van der Waals surface area contributed by atoms with Crippen molar-refractivity contribution < 1.29 is 27.9 Å². The Morgan fingerprint density at radius 2 is 1.59 bits per heavy atom. The van der Waals surface area contributed by atoms with Crippen LogP contribution in [-0.2, 0) is 22.6 Å². The van der Waals surface area contributed by atoms with E-state index >= 15 is 0 Å². The molecule has 0 atom stereocenters. The van der Waals surface area contributed by atoms with Gasteiger partial charge in [0.2, 0.25) is 11.8 Å². The van der Waals surface area contributed by atoms with Crippen molar-refractivity contribution in [2.75, 3.05) is 5.32 Å². The Morgan fingerprint density at radius 3 is 2.24 bits per heavy atom. The molecule has 0 spiro atoms. The molecule has 3 aromatic rings. The van der Waals surface area contributed by atoms with Crippen LogP contribution in [0.1, 0.15) is 39.9 Å². The number of amides is 3. The summed E-state index contributed by atoms with van der Waals surface area (Å²) in [5.74, 6) is -0.727. The standard InChI is InChI=1S/C26H22F2N2O4/c27-26(28)34-22-11-10-21(15-20(22)14-17-4-2-1-3-5-17)29-25(33)19-8-6-18(7-9-19)16-30-23(31)12-13-24(30)32/h1-11,15,26H,12-14,16H2,(H,29,33). The second-order valence-corrected chi connectivity index (χ2v) is 7.89. The molecule has 3 amide bonds. The van der Waals surface area contributed by atoms with Crippen LogP contribution < -0.4 is 10.1 Å². The number of carbonyl (C=O) groups excluding carboxylic acids is 3. The van der Waals surface area contributed by atoms with Crippen LogP contribution in [0.15, 0.2) is 72.8 Å². The molecular weight excluding hydrogens is 442 g/mol. The maximum absolute atomic E-state index is 12.8. The topological polar surface area (TPSA) is 75.7 Å².